The van der Waals surface area contributed by atoms with Crippen LogP contribution in [-0.4, -0.2) is 34.9 Å². The van der Waals surface area contributed by atoms with Crippen molar-refractivity contribution in [2.45, 2.75) is 18.6 Å². The van der Waals surface area contributed by atoms with E-state index in [9.17, 15) is 27.6 Å². The number of halogens is 3. The number of rotatable bonds is 5. The van der Waals surface area contributed by atoms with Gasteiger partial charge >= 0.3 is 17.9 Å². The second kappa shape index (κ2) is 5.83. The molecular weight excluding hydrogens is 279 g/mol. The fourth-order valence-electron chi connectivity index (χ4n) is 1.39. The van der Waals surface area contributed by atoms with Crippen LogP contribution in [0.4, 0.5) is 13.2 Å². The summed E-state index contributed by atoms with van der Waals surface area (Å²) in [5.74, 6) is -5.34. The zero-order valence-corrected chi connectivity index (χ0v) is 9.98. The van der Waals surface area contributed by atoms with Gasteiger partial charge in [0.1, 0.15) is 6.04 Å². The predicted molar refractivity (Wildman–Crippen MR) is 61.1 cm³/mol. The van der Waals surface area contributed by atoms with E-state index in [-0.39, 0.29) is 6.42 Å². The Labute approximate surface area is 111 Å². The number of Topliss-reactive ketones (excluding diaryl/α,β-unsaturated/α-hetero) is 2. The lowest BCUT2D eigenvalue weighted by Crippen LogP contribution is -2.32. The highest BCUT2D eigenvalue weighted by atomic mass is 19.4. The van der Waals surface area contributed by atoms with Crippen molar-refractivity contribution in [3.05, 3.63) is 35.4 Å². The Morgan fingerprint density at radius 2 is 1.65 bits per heavy atom. The van der Waals surface area contributed by atoms with E-state index in [0.717, 1.165) is 12.1 Å². The van der Waals surface area contributed by atoms with Crippen LogP contribution in [0.5, 0.6) is 0 Å². The maximum Gasteiger partial charge on any atom is 0.458 e. The van der Waals surface area contributed by atoms with Crippen LogP contribution in [0, 0.1) is 0 Å². The van der Waals surface area contributed by atoms with Gasteiger partial charge in [-0.05, 0) is 12.0 Å². The molecule has 1 atom stereocenters. The Morgan fingerprint density at radius 3 is 2.05 bits per heavy atom. The highest BCUT2D eigenvalue weighted by Crippen LogP contribution is 2.19. The number of carbonyl (C=O) groups excluding carboxylic acids is 2. The molecule has 1 rings (SSSR count). The number of alkyl halides is 3. The molecule has 0 heterocycles. The summed E-state index contributed by atoms with van der Waals surface area (Å²) in [4.78, 5) is 32.5. The molecule has 0 aliphatic heterocycles. The molecule has 0 aliphatic rings. The molecular formula is C12H10F3NO4. The van der Waals surface area contributed by atoms with Gasteiger partial charge in [-0.25, -0.2) is 0 Å². The quantitative estimate of drug-likeness (QED) is 0.621. The van der Waals surface area contributed by atoms with Crippen LogP contribution < -0.4 is 5.73 Å². The first-order chi connectivity index (χ1) is 9.12. The van der Waals surface area contributed by atoms with Gasteiger partial charge in [-0.1, -0.05) is 24.3 Å². The molecule has 8 heteroatoms. The van der Waals surface area contributed by atoms with Crippen LogP contribution in [0.2, 0.25) is 0 Å². The second-order valence-electron chi connectivity index (χ2n) is 4.00. The standard InChI is InChI=1S/C12H10F3NO4/c13-12(14,15)10(18)9(17)7-3-1-6(2-4-7)5-8(16)11(19)20/h1-4,8H,5,16H2,(H,19,20)/t8-/m0/s1. The van der Waals surface area contributed by atoms with Gasteiger partial charge in [0.05, 0.1) is 0 Å². The van der Waals surface area contributed by atoms with Crippen LogP contribution >= 0.6 is 0 Å². The number of aliphatic carboxylic acids is 1. The summed E-state index contributed by atoms with van der Waals surface area (Å²) in [6, 6.07) is 3.39. The summed E-state index contributed by atoms with van der Waals surface area (Å²) in [6.45, 7) is 0. The van der Waals surface area contributed by atoms with Gasteiger partial charge in [0.2, 0.25) is 5.78 Å². The van der Waals surface area contributed by atoms with Crippen molar-refractivity contribution in [2.24, 2.45) is 5.73 Å². The smallest absolute Gasteiger partial charge is 0.458 e. The first-order valence-corrected chi connectivity index (χ1v) is 5.36. The van der Waals surface area contributed by atoms with E-state index in [1.807, 2.05) is 0 Å². The summed E-state index contributed by atoms with van der Waals surface area (Å²) >= 11 is 0. The van der Waals surface area contributed by atoms with Gasteiger partial charge in [0.25, 0.3) is 0 Å². The minimum absolute atomic E-state index is 0.0446. The minimum atomic E-state index is -5.22. The number of carboxylic acids is 1. The van der Waals surface area contributed by atoms with Crippen molar-refractivity contribution in [1.29, 1.82) is 0 Å². The summed E-state index contributed by atoms with van der Waals surface area (Å²) in [6.07, 6.45) is -5.27. The van der Waals surface area contributed by atoms with Crippen molar-refractivity contribution in [3.8, 4) is 0 Å². The SMILES string of the molecule is N[C@@H](Cc1ccc(C(=O)C(=O)C(F)(F)F)cc1)C(=O)O. The van der Waals surface area contributed by atoms with Crippen LogP contribution in [-0.2, 0) is 16.0 Å². The van der Waals surface area contributed by atoms with Gasteiger partial charge in [0.15, 0.2) is 0 Å². The molecule has 0 spiro atoms. The average molecular weight is 289 g/mol. The molecule has 0 bridgehead atoms. The molecule has 0 saturated carbocycles. The molecule has 1 aromatic carbocycles. The van der Waals surface area contributed by atoms with Crippen LogP contribution in [0.15, 0.2) is 24.3 Å². The summed E-state index contributed by atoms with van der Waals surface area (Å²) in [5.41, 5.74) is 5.29. The fourth-order valence-corrected chi connectivity index (χ4v) is 1.39. The van der Waals surface area contributed by atoms with Gasteiger partial charge in [0, 0.05) is 5.56 Å². The van der Waals surface area contributed by atoms with E-state index >= 15 is 0 Å². The normalized spacial score (nSPS) is 12.8. The molecule has 0 radical (unpaired) electrons. The van der Waals surface area contributed by atoms with Gasteiger partial charge in [-0.15, -0.1) is 0 Å². The lowest BCUT2D eigenvalue weighted by Gasteiger charge is -2.07. The number of carboxylic acid groups (broad SMARTS) is 1. The maximum absolute atomic E-state index is 12.1. The van der Waals surface area contributed by atoms with E-state index in [1.165, 1.54) is 12.1 Å². The number of nitrogens with two attached hydrogens (primary N) is 1. The van der Waals surface area contributed by atoms with Crippen molar-refractivity contribution in [1.82, 2.24) is 0 Å². The molecule has 0 unspecified atom stereocenters. The highest BCUT2D eigenvalue weighted by Gasteiger charge is 2.43. The third-order valence-electron chi connectivity index (χ3n) is 2.45. The predicted octanol–water partition coefficient (Wildman–Crippen LogP) is 0.955. The summed E-state index contributed by atoms with van der Waals surface area (Å²) in [5, 5.41) is 8.60. The molecule has 5 nitrogen and oxygen atoms in total. The lowest BCUT2D eigenvalue weighted by atomic mass is 10.0. The molecule has 0 amide bonds. The van der Waals surface area contributed by atoms with Crippen molar-refractivity contribution in [3.63, 3.8) is 0 Å². The first kappa shape index (κ1) is 15.8. The molecule has 0 fully saturated rings. The van der Waals surface area contributed by atoms with E-state index in [4.69, 9.17) is 10.8 Å². The summed E-state index contributed by atoms with van der Waals surface area (Å²) in [7, 11) is 0. The average Bonchev–Trinajstić information content (AvgIpc) is 2.36. The number of hydrogen-bond acceptors (Lipinski definition) is 4. The van der Waals surface area contributed by atoms with E-state index in [2.05, 4.69) is 0 Å². The van der Waals surface area contributed by atoms with E-state index in [1.54, 1.807) is 0 Å². The molecule has 1 aromatic rings. The second-order valence-corrected chi connectivity index (χ2v) is 4.00. The zero-order chi connectivity index (χ0) is 15.5. The fraction of sp³-hybridized carbons (Fsp3) is 0.250. The third-order valence-corrected chi connectivity index (χ3v) is 2.45. The molecule has 3 N–H and O–H groups in total. The first-order valence-electron chi connectivity index (χ1n) is 5.36. The maximum atomic E-state index is 12.1. The van der Waals surface area contributed by atoms with Crippen molar-refractivity contribution < 1.29 is 32.7 Å². The monoisotopic (exact) mass is 289 g/mol. The minimum Gasteiger partial charge on any atom is -0.480 e. The van der Waals surface area contributed by atoms with Gasteiger partial charge in [-0.2, -0.15) is 13.2 Å². The number of benzene rings is 1. The number of hydrogen-bond donors (Lipinski definition) is 2. The Bertz CT molecular complexity index is 537. The Kier molecular flexibility index (Phi) is 4.61. The third kappa shape index (κ3) is 3.89. The van der Waals surface area contributed by atoms with Gasteiger partial charge < -0.3 is 10.8 Å². The molecule has 108 valence electrons. The Hall–Kier alpha value is -2.22. The Balaban J connectivity index is 2.84. The zero-order valence-electron chi connectivity index (χ0n) is 9.98. The molecule has 0 saturated heterocycles. The van der Waals surface area contributed by atoms with Crippen LogP contribution in [0.1, 0.15) is 15.9 Å². The molecule has 0 aromatic heterocycles. The van der Waals surface area contributed by atoms with E-state index in [0.29, 0.717) is 5.56 Å². The van der Waals surface area contributed by atoms with Crippen molar-refractivity contribution in [2.75, 3.05) is 0 Å². The summed E-state index contributed by atoms with van der Waals surface area (Å²) < 4.78 is 36.2. The topological polar surface area (TPSA) is 97.5 Å². The van der Waals surface area contributed by atoms with Crippen molar-refractivity contribution >= 4 is 17.5 Å². The highest BCUT2D eigenvalue weighted by molar-refractivity contribution is 6.45. The molecule has 0 aliphatic carbocycles. The molecule has 20 heavy (non-hydrogen) atoms. The lowest BCUT2D eigenvalue weighted by molar-refractivity contribution is -0.165. The van der Waals surface area contributed by atoms with Crippen LogP contribution in [0.25, 0.3) is 0 Å². The number of carbonyl (C=O) groups is 3. The largest absolute Gasteiger partial charge is 0.480 e. The van der Waals surface area contributed by atoms with Crippen LogP contribution in [0.3, 0.4) is 0 Å². The van der Waals surface area contributed by atoms with E-state index < -0.39 is 35.3 Å². The Morgan fingerprint density at radius 1 is 1.15 bits per heavy atom. The number of ketones is 2. The van der Waals surface area contributed by atoms with Gasteiger partial charge in [-0.3, -0.25) is 14.4 Å².